The van der Waals surface area contributed by atoms with Gasteiger partial charge in [-0.2, -0.15) is 15.0 Å². The Kier molecular flexibility index (Phi) is 4.54. The van der Waals surface area contributed by atoms with Crippen LogP contribution in [0.1, 0.15) is 10.4 Å². The van der Waals surface area contributed by atoms with E-state index in [9.17, 15) is 4.79 Å². The maximum atomic E-state index is 11.0. The first-order valence-corrected chi connectivity index (χ1v) is 7.34. The van der Waals surface area contributed by atoms with Crippen molar-refractivity contribution >= 4 is 35.2 Å². The van der Waals surface area contributed by atoms with Crippen LogP contribution in [-0.2, 0) is 4.74 Å². The minimum absolute atomic E-state index is 0.0679. The summed E-state index contributed by atoms with van der Waals surface area (Å²) in [5.74, 6) is -0.282. The van der Waals surface area contributed by atoms with E-state index in [0.717, 1.165) is 0 Å². The Morgan fingerprint density at radius 3 is 2.78 bits per heavy atom. The van der Waals surface area contributed by atoms with Crippen molar-refractivity contribution in [3.05, 3.63) is 35.1 Å². The minimum Gasteiger partial charge on any atom is -0.478 e. The molecule has 1 aromatic heterocycles. The number of ether oxygens (including phenoxy) is 1. The van der Waals surface area contributed by atoms with Crippen molar-refractivity contribution in [3.63, 3.8) is 0 Å². The number of nitrogens with one attached hydrogen (secondary N) is 1. The summed E-state index contributed by atoms with van der Waals surface area (Å²) < 4.78 is 5.30. The smallest absolute Gasteiger partial charge is 0.335 e. The van der Waals surface area contributed by atoms with Gasteiger partial charge in [-0.25, -0.2) is 4.79 Å². The molecule has 2 aromatic rings. The largest absolute Gasteiger partial charge is 0.478 e. The van der Waals surface area contributed by atoms with Crippen LogP contribution in [0, 0.1) is 0 Å². The van der Waals surface area contributed by atoms with E-state index in [1.54, 1.807) is 12.1 Å². The molecule has 2 N–H and O–H groups in total. The summed E-state index contributed by atoms with van der Waals surface area (Å²) in [6, 6.07) is 6.36. The summed E-state index contributed by atoms with van der Waals surface area (Å²) in [6.07, 6.45) is 0. The molecule has 120 valence electrons. The van der Waals surface area contributed by atoms with Gasteiger partial charge in [0, 0.05) is 18.8 Å². The van der Waals surface area contributed by atoms with Gasteiger partial charge in [0.05, 0.1) is 18.8 Å². The Hall–Kier alpha value is -2.45. The molecule has 1 aliphatic heterocycles. The molecular formula is C14H14ClN5O3. The summed E-state index contributed by atoms with van der Waals surface area (Å²) in [6.45, 7) is 2.56. The normalized spacial score (nSPS) is 14.6. The highest BCUT2D eigenvalue weighted by Crippen LogP contribution is 2.19. The van der Waals surface area contributed by atoms with E-state index in [1.807, 2.05) is 4.90 Å². The molecule has 0 atom stereocenters. The Morgan fingerprint density at radius 1 is 1.26 bits per heavy atom. The molecule has 1 saturated heterocycles. The predicted molar refractivity (Wildman–Crippen MR) is 84.6 cm³/mol. The van der Waals surface area contributed by atoms with Crippen LogP contribution in [-0.4, -0.2) is 52.3 Å². The highest BCUT2D eigenvalue weighted by Gasteiger charge is 2.16. The van der Waals surface area contributed by atoms with Crippen LogP contribution in [0.3, 0.4) is 0 Å². The minimum atomic E-state index is -1.00. The molecule has 0 bridgehead atoms. The molecule has 1 aromatic carbocycles. The SMILES string of the molecule is O=C(O)c1cccc(Nc2nc(Cl)nc(N3CCOCC3)n2)c1. The van der Waals surface area contributed by atoms with Crippen LogP contribution in [0.5, 0.6) is 0 Å². The number of carboxylic acids is 1. The molecule has 3 rings (SSSR count). The van der Waals surface area contributed by atoms with Gasteiger partial charge in [-0.1, -0.05) is 6.07 Å². The topological polar surface area (TPSA) is 100 Å². The van der Waals surface area contributed by atoms with Crippen molar-refractivity contribution in [1.82, 2.24) is 15.0 Å². The molecular weight excluding hydrogens is 322 g/mol. The van der Waals surface area contributed by atoms with Gasteiger partial charge in [-0.05, 0) is 29.8 Å². The average molecular weight is 336 g/mol. The molecule has 1 fully saturated rings. The number of anilines is 3. The fraction of sp³-hybridized carbons (Fsp3) is 0.286. The fourth-order valence-corrected chi connectivity index (χ4v) is 2.32. The standard InChI is InChI=1S/C14H14ClN5O3/c15-12-17-13(16-10-3-1-2-9(8-10)11(21)22)19-14(18-12)20-4-6-23-7-5-20/h1-3,8H,4-7H2,(H,21,22)(H,16,17,18,19). The number of carboxylic acid groups (broad SMARTS) is 1. The van der Waals surface area contributed by atoms with Crippen LogP contribution in [0.2, 0.25) is 5.28 Å². The summed E-state index contributed by atoms with van der Waals surface area (Å²) in [7, 11) is 0. The van der Waals surface area contributed by atoms with Gasteiger partial charge in [-0.15, -0.1) is 0 Å². The van der Waals surface area contributed by atoms with Crippen molar-refractivity contribution in [2.45, 2.75) is 0 Å². The first kappa shape index (κ1) is 15.4. The van der Waals surface area contributed by atoms with E-state index < -0.39 is 5.97 Å². The Balaban J connectivity index is 1.83. The molecule has 23 heavy (non-hydrogen) atoms. The van der Waals surface area contributed by atoms with Crippen LogP contribution in [0.25, 0.3) is 0 Å². The van der Waals surface area contributed by atoms with E-state index in [-0.39, 0.29) is 16.8 Å². The number of hydrogen-bond acceptors (Lipinski definition) is 7. The van der Waals surface area contributed by atoms with E-state index >= 15 is 0 Å². The second-order valence-electron chi connectivity index (χ2n) is 4.84. The molecule has 8 nitrogen and oxygen atoms in total. The van der Waals surface area contributed by atoms with E-state index in [2.05, 4.69) is 20.3 Å². The number of aromatic nitrogens is 3. The zero-order chi connectivity index (χ0) is 16.2. The first-order chi connectivity index (χ1) is 11.1. The molecule has 1 aliphatic rings. The third-order valence-electron chi connectivity index (χ3n) is 3.26. The highest BCUT2D eigenvalue weighted by atomic mass is 35.5. The number of rotatable bonds is 4. The van der Waals surface area contributed by atoms with E-state index in [4.69, 9.17) is 21.4 Å². The number of benzene rings is 1. The van der Waals surface area contributed by atoms with Crippen LogP contribution in [0.15, 0.2) is 24.3 Å². The molecule has 0 amide bonds. The highest BCUT2D eigenvalue weighted by molar-refractivity contribution is 6.28. The van der Waals surface area contributed by atoms with Crippen LogP contribution >= 0.6 is 11.6 Å². The number of aromatic carboxylic acids is 1. The van der Waals surface area contributed by atoms with Crippen molar-refractivity contribution in [2.24, 2.45) is 0 Å². The zero-order valence-electron chi connectivity index (χ0n) is 12.1. The third kappa shape index (κ3) is 3.85. The maximum absolute atomic E-state index is 11.0. The molecule has 2 heterocycles. The number of nitrogens with zero attached hydrogens (tertiary/aromatic N) is 4. The Labute approximate surface area is 137 Å². The lowest BCUT2D eigenvalue weighted by Gasteiger charge is -2.26. The number of carbonyl (C=O) groups is 1. The summed E-state index contributed by atoms with van der Waals surface area (Å²) in [5.41, 5.74) is 0.726. The van der Waals surface area contributed by atoms with Crippen LogP contribution < -0.4 is 10.2 Å². The first-order valence-electron chi connectivity index (χ1n) is 6.96. The monoisotopic (exact) mass is 335 g/mol. The third-order valence-corrected chi connectivity index (χ3v) is 3.42. The number of halogens is 1. The second-order valence-corrected chi connectivity index (χ2v) is 5.18. The molecule has 0 unspecified atom stereocenters. The molecule has 9 heteroatoms. The van der Waals surface area contributed by atoms with Gasteiger partial charge in [0.2, 0.25) is 17.2 Å². The van der Waals surface area contributed by atoms with Crippen molar-refractivity contribution in [3.8, 4) is 0 Å². The van der Waals surface area contributed by atoms with Crippen LogP contribution in [0.4, 0.5) is 17.6 Å². The number of morpholine rings is 1. The molecule has 0 aliphatic carbocycles. The molecule has 0 radical (unpaired) electrons. The van der Waals surface area contributed by atoms with Crippen molar-refractivity contribution in [2.75, 3.05) is 36.5 Å². The second kappa shape index (κ2) is 6.76. The average Bonchev–Trinajstić information content (AvgIpc) is 2.55. The van der Waals surface area contributed by atoms with Gasteiger partial charge in [0.1, 0.15) is 0 Å². The lowest BCUT2D eigenvalue weighted by Crippen LogP contribution is -2.37. The Bertz CT molecular complexity index is 721. The van der Waals surface area contributed by atoms with E-state index in [1.165, 1.54) is 12.1 Å². The fourth-order valence-electron chi connectivity index (χ4n) is 2.16. The molecule has 0 spiro atoms. The molecule has 0 saturated carbocycles. The summed E-state index contributed by atoms with van der Waals surface area (Å²) in [4.78, 5) is 25.4. The van der Waals surface area contributed by atoms with Crippen molar-refractivity contribution in [1.29, 1.82) is 0 Å². The summed E-state index contributed by atoms with van der Waals surface area (Å²) in [5, 5.41) is 12.0. The summed E-state index contributed by atoms with van der Waals surface area (Å²) >= 11 is 5.96. The lowest BCUT2D eigenvalue weighted by atomic mass is 10.2. The van der Waals surface area contributed by atoms with Gasteiger partial charge >= 0.3 is 5.97 Å². The quantitative estimate of drug-likeness (QED) is 0.872. The van der Waals surface area contributed by atoms with Gasteiger partial charge < -0.3 is 20.1 Å². The lowest BCUT2D eigenvalue weighted by molar-refractivity contribution is 0.0697. The number of hydrogen-bond donors (Lipinski definition) is 2. The Morgan fingerprint density at radius 2 is 2.04 bits per heavy atom. The van der Waals surface area contributed by atoms with Gasteiger partial charge in [0.25, 0.3) is 0 Å². The zero-order valence-corrected chi connectivity index (χ0v) is 12.8. The predicted octanol–water partition coefficient (Wildman–Crippen LogP) is 1.80. The van der Waals surface area contributed by atoms with Gasteiger partial charge in [0.15, 0.2) is 0 Å². The maximum Gasteiger partial charge on any atom is 0.335 e. The van der Waals surface area contributed by atoms with Crippen molar-refractivity contribution < 1.29 is 14.6 Å². The van der Waals surface area contributed by atoms with Gasteiger partial charge in [-0.3, -0.25) is 0 Å². The van der Waals surface area contributed by atoms with E-state index in [0.29, 0.717) is 37.9 Å².